The van der Waals surface area contributed by atoms with Gasteiger partial charge in [0.15, 0.2) is 11.5 Å². The molecule has 0 amide bonds. The van der Waals surface area contributed by atoms with E-state index in [0.29, 0.717) is 44.3 Å². The number of para-hydroxylation sites is 1. The fourth-order valence-electron chi connectivity index (χ4n) is 3.50. The molecule has 0 spiro atoms. The highest BCUT2D eigenvalue weighted by Gasteiger charge is 2.37. The second-order valence-corrected chi connectivity index (χ2v) is 8.17. The Morgan fingerprint density at radius 1 is 1.27 bits per heavy atom. The zero-order chi connectivity index (χ0) is 18.1. The van der Waals surface area contributed by atoms with Crippen molar-refractivity contribution in [3.63, 3.8) is 0 Å². The molecule has 140 valence electrons. The van der Waals surface area contributed by atoms with Crippen LogP contribution in [-0.4, -0.2) is 67.0 Å². The van der Waals surface area contributed by atoms with E-state index >= 15 is 0 Å². The number of nitrogens with one attached hydrogen (secondary N) is 1. The van der Waals surface area contributed by atoms with E-state index in [9.17, 15) is 8.42 Å². The molecule has 1 aromatic carbocycles. The topological polar surface area (TPSA) is 87.8 Å². The first-order chi connectivity index (χ1) is 12.6. The van der Waals surface area contributed by atoms with Crippen molar-refractivity contribution in [3.05, 3.63) is 36.4 Å². The number of aromatic amines is 1. The normalized spacial score (nSPS) is 21.7. The van der Waals surface area contributed by atoms with Crippen LogP contribution >= 0.6 is 0 Å². The summed E-state index contributed by atoms with van der Waals surface area (Å²) < 4.78 is 39.3. The minimum atomic E-state index is -3.70. The number of nitrogens with zero attached hydrogens (tertiary/aromatic N) is 3. The third-order valence-corrected chi connectivity index (χ3v) is 6.73. The molecule has 1 aromatic heterocycles. The number of rotatable bonds is 4. The molecule has 0 aliphatic carbocycles. The van der Waals surface area contributed by atoms with Crippen molar-refractivity contribution in [3.8, 4) is 11.5 Å². The maximum Gasteiger partial charge on any atom is 0.247 e. The number of hydrogen-bond donors (Lipinski definition) is 1. The Bertz CT molecular complexity index is 869. The standard InChI is InChI=1S/C17H22N4O4S/c1-2-20-8-9-21(12-13(20)17-18-6-7-19-17)26(22,23)15-5-3-4-14-16(15)25-11-10-24-14/h3-7,13H,2,8-12H2,1H3,(H,18,19). The molecule has 0 radical (unpaired) electrons. The number of ether oxygens (including phenoxy) is 2. The van der Waals surface area contributed by atoms with Gasteiger partial charge in [-0.1, -0.05) is 13.0 Å². The molecular weight excluding hydrogens is 356 g/mol. The van der Waals surface area contributed by atoms with Crippen LogP contribution in [0.25, 0.3) is 0 Å². The molecule has 0 saturated carbocycles. The van der Waals surface area contributed by atoms with Gasteiger partial charge < -0.3 is 14.5 Å². The quantitative estimate of drug-likeness (QED) is 0.862. The van der Waals surface area contributed by atoms with Crippen LogP contribution in [0.1, 0.15) is 18.8 Å². The number of likely N-dealkylation sites (N-methyl/N-ethyl adjacent to an activating group) is 1. The number of benzene rings is 1. The van der Waals surface area contributed by atoms with Crippen LogP contribution in [0.4, 0.5) is 0 Å². The Balaban J connectivity index is 1.66. The monoisotopic (exact) mass is 378 g/mol. The molecule has 2 aromatic rings. The molecule has 1 saturated heterocycles. The lowest BCUT2D eigenvalue weighted by atomic mass is 10.2. The molecule has 2 aliphatic rings. The summed E-state index contributed by atoms with van der Waals surface area (Å²) in [7, 11) is -3.70. The van der Waals surface area contributed by atoms with Crippen molar-refractivity contribution >= 4 is 10.0 Å². The van der Waals surface area contributed by atoms with Crippen LogP contribution in [0.3, 0.4) is 0 Å². The van der Waals surface area contributed by atoms with Crippen LogP contribution in [0.15, 0.2) is 35.5 Å². The predicted octanol–water partition coefficient (Wildman–Crippen LogP) is 1.25. The summed E-state index contributed by atoms with van der Waals surface area (Å²) in [6.07, 6.45) is 3.45. The maximum atomic E-state index is 13.3. The fourth-order valence-corrected chi connectivity index (χ4v) is 5.08. The molecule has 1 N–H and O–H groups in total. The third-order valence-electron chi connectivity index (χ3n) is 4.84. The van der Waals surface area contributed by atoms with Crippen LogP contribution in [-0.2, 0) is 10.0 Å². The van der Waals surface area contributed by atoms with Gasteiger partial charge in [-0.2, -0.15) is 4.31 Å². The second kappa shape index (κ2) is 6.90. The van der Waals surface area contributed by atoms with E-state index in [1.54, 1.807) is 30.6 Å². The van der Waals surface area contributed by atoms with Gasteiger partial charge in [0.05, 0.1) is 6.04 Å². The number of imidazole rings is 1. The van der Waals surface area contributed by atoms with E-state index in [1.807, 2.05) is 0 Å². The number of H-pyrrole nitrogens is 1. The van der Waals surface area contributed by atoms with Crippen LogP contribution < -0.4 is 9.47 Å². The summed E-state index contributed by atoms with van der Waals surface area (Å²) in [6, 6.07) is 4.90. The smallest absolute Gasteiger partial charge is 0.247 e. The van der Waals surface area contributed by atoms with E-state index in [2.05, 4.69) is 21.8 Å². The number of aromatic nitrogens is 2. The Hall–Kier alpha value is -2.10. The molecule has 3 heterocycles. The van der Waals surface area contributed by atoms with Gasteiger partial charge in [0.25, 0.3) is 0 Å². The Labute approximate surface area is 152 Å². The van der Waals surface area contributed by atoms with Gasteiger partial charge in [-0.25, -0.2) is 13.4 Å². The molecule has 26 heavy (non-hydrogen) atoms. The van der Waals surface area contributed by atoms with Crippen LogP contribution in [0.5, 0.6) is 11.5 Å². The first-order valence-corrected chi connectivity index (χ1v) is 10.2. The highest BCUT2D eigenvalue weighted by atomic mass is 32.2. The zero-order valence-electron chi connectivity index (χ0n) is 14.6. The van der Waals surface area contributed by atoms with Gasteiger partial charge in [0.1, 0.15) is 23.9 Å². The number of sulfonamides is 1. The lowest BCUT2D eigenvalue weighted by Crippen LogP contribution is -2.50. The number of fused-ring (bicyclic) bond motifs is 1. The average molecular weight is 378 g/mol. The molecule has 0 bridgehead atoms. The number of piperazine rings is 1. The van der Waals surface area contributed by atoms with Gasteiger partial charge in [-0.05, 0) is 18.7 Å². The summed E-state index contributed by atoms with van der Waals surface area (Å²) in [5.74, 6) is 1.57. The van der Waals surface area contributed by atoms with E-state index in [-0.39, 0.29) is 10.9 Å². The molecule has 1 fully saturated rings. The van der Waals surface area contributed by atoms with E-state index in [0.717, 1.165) is 12.4 Å². The molecule has 9 heteroatoms. The molecular formula is C17H22N4O4S. The summed E-state index contributed by atoms with van der Waals surface area (Å²) >= 11 is 0. The zero-order valence-corrected chi connectivity index (χ0v) is 15.4. The van der Waals surface area contributed by atoms with Crippen molar-refractivity contribution in [1.82, 2.24) is 19.2 Å². The molecule has 1 unspecified atom stereocenters. The van der Waals surface area contributed by atoms with E-state index < -0.39 is 10.0 Å². The van der Waals surface area contributed by atoms with Gasteiger partial charge in [0, 0.05) is 32.0 Å². The maximum absolute atomic E-state index is 13.3. The lowest BCUT2D eigenvalue weighted by molar-refractivity contribution is 0.118. The van der Waals surface area contributed by atoms with Gasteiger partial charge >= 0.3 is 0 Å². The average Bonchev–Trinajstić information content (AvgIpc) is 3.21. The molecule has 2 aliphatic heterocycles. The summed E-state index contributed by atoms with van der Waals surface area (Å²) in [5.41, 5.74) is 0. The van der Waals surface area contributed by atoms with Crippen molar-refractivity contribution < 1.29 is 17.9 Å². The number of hydrogen-bond acceptors (Lipinski definition) is 6. The van der Waals surface area contributed by atoms with Crippen LogP contribution in [0.2, 0.25) is 0 Å². The Morgan fingerprint density at radius 2 is 2.12 bits per heavy atom. The largest absolute Gasteiger partial charge is 0.486 e. The van der Waals surface area contributed by atoms with Crippen molar-refractivity contribution in [2.75, 3.05) is 39.4 Å². The third kappa shape index (κ3) is 2.95. The first kappa shape index (κ1) is 17.3. The SMILES string of the molecule is CCN1CCN(S(=O)(=O)c2cccc3c2OCCO3)CC1c1ncc[nH]1. The van der Waals surface area contributed by atoms with E-state index in [1.165, 1.54) is 4.31 Å². The molecule has 8 nitrogen and oxygen atoms in total. The minimum Gasteiger partial charge on any atom is -0.486 e. The van der Waals surface area contributed by atoms with Crippen molar-refractivity contribution in [2.45, 2.75) is 17.9 Å². The fraction of sp³-hybridized carbons (Fsp3) is 0.471. The highest BCUT2D eigenvalue weighted by molar-refractivity contribution is 7.89. The van der Waals surface area contributed by atoms with Crippen molar-refractivity contribution in [1.29, 1.82) is 0 Å². The van der Waals surface area contributed by atoms with Gasteiger partial charge in [0.2, 0.25) is 10.0 Å². The lowest BCUT2D eigenvalue weighted by Gasteiger charge is -2.39. The van der Waals surface area contributed by atoms with Crippen molar-refractivity contribution in [2.24, 2.45) is 0 Å². The Morgan fingerprint density at radius 3 is 2.88 bits per heavy atom. The van der Waals surface area contributed by atoms with Gasteiger partial charge in [-0.3, -0.25) is 4.90 Å². The second-order valence-electron chi connectivity index (χ2n) is 6.26. The highest BCUT2D eigenvalue weighted by Crippen LogP contribution is 2.38. The predicted molar refractivity (Wildman–Crippen MR) is 94.8 cm³/mol. The summed E-state index contributed by atoms with van der Waals surface area (Å²) in [5, 5.41) is 0. The first-order valence-electron chi connectivity index (χ1n) is 8.73. The Kier molecular flexibility index (Phi) is 4.60. The van der Waals surface area contributed by atoms with Crippen LogP contribution in [0, 0.1) is 0 Å². The van der Waals surface area contributed by atoms with Gasteiger partial charge in [-0.15, -0.1) is 0 Å². The summed E-state index contributed by atoms with van der Waals surface area (Å²) in [4.78, 5) is 9.84. The van der Waals surface area contributed by atoms with E-state index in [4.69, 9.17) is 9.47 Å². The molecule has 1 atom stereocenters. The summed E-state index contributed by atoms with van der Waals surface area (Å²) in [6.45, 7) is 5.08. The molecule has 4 rings (SSSR count). The minimum absolute atomic E-state index is 0.102.